The van der Waals surface area contributed by atoms with E-state index in [2.05, 4.69) is 34.8 Å². The van der Waals surface area contributed by atoms with Gasteiger partial charge < -0.3 is 0 Å². The molecule has 0 radical (unpaired) electrons. The topological polar surface area (TPSA) is 0 Å². The highest BCUT2D eigenvalue weighted by Crippen LogP contribution is 2.58. The number of hydrogen-bond acceptors (Lipinski definition) is 0. The fourth-order valence-corrected chi connectivity index (χ4v) is 4.50. The Hall–Kier alpha value is 0.220. The van der Waals surface area contributed by atoms with Crippen LogP contribution in [0.4, 0.5) is 0 Å². The first-order valence-corrected chi connectivity index (χ1v) is 6.93. The molecule has 2 unspecified atom stereocenters. The maximum absolute atomic E-state index is 3.55. The van der Waals surface area contributed by atoms with Gasteiger partial charge in [0.15, 0.2) is 0 Å². The Morgan fingerprint density at radius 1 is 1.50 bits per heavy atom. The van der Waals surface area contributed by atoms with Gasteiger partial charge in [0.25, 0.3) is 0 Å². The van der Waals surface area contributed by atoms with Crippen LogP contribution in [0.15, 0.2) is 10.6 Å². The molecule has 2 rings (SSSR count). The van der Waals surface area contributed by atoms with Crippen molar-refractivity contribution in [2.45, 2.75) is 52.4 Å². The summed E-state index contributed by atoms with van der Waals surface area (Å²) in [6.45, 7) is 4.90. The van der Waals surface area contributed by atoms with Crippen molar-refractivity contribution in [1.29, 1.82) is 0 Å². The Balaban J connectivity index is 2.25. The monoisotopic (exact) mass is 256 g/mol. The van der Waals surface area contributed by atoms with Crippen molar-refractivity contribution in [2.75, 3.05) is 0 Å². The average molecular weight is 257 g/mol. The number of halogens is 1. The molecule has 0 bridgehead atoms. The zero-order chi connectivity index (χ0) is 10.2. The molecule has 0 amide bonds. The van der Waals surface area contributed by atoms with Crippen LogP contribution in [0.25, 0.3) is 0 Å². The summed E-state index contributed by atoms with van der Waals surface area (Å²) in [4.78, 5) is 2.22. The zero-order valence-electron chi connectivity index (χ0n) is 9.35. The molecule has 0 aromatic carbocycles. The Bertz CT molecular complexity index is 244. The van der Waals surface area contributed by atoms with Crippen LogP contribution in [0.5, 0.6) is 0 Å². The van der Waals surface area contributed by atoms with Crippen molar-refractivity contribution in [1.82, 2.24) is 0 Å². The summed E-state index contributed by atoms with van der Waals surface area (Å²) in [5.41, 5.74) is 2.32. The van der Waals surface area contributed by atoms with Crippen LogP contribution in [0.3, 0.4) is 0 Å². The summed E-state index contributed by atoms with van der Waals surface area (Å²) in [6.07, 6.45) is 8.47. The second kappa shape index (κ2) is 4.00. The first-order chi connectivity index (χ1) is 6.72. The highest BCUT2D eigenvalue weighted by Gasteiger charge is 2.48. The SMILES string of the molecule is CCC1CCC2/C(=C/Br)CCC[C@]12C. The molecule has 3 atom stereocenters. The lowest BCUT2D eigenvalue weighted by Gasteiger charge is -2.42. The molecule has 2 aliphatic carbocycles. The van der Waals surface area contributed by atoms with Crippen molar-refractivity contribution in [3.8, 4) is 0 Å². The van der Waals surface area contributed by atoms with Crippen molar-refractivity contribution >= 4 is 15.9 Å². The number of rotatable bonds is 1. The van der Waals surface area contributed by atoms with Gasteiger partial charge in [0.05, 0.1) is 0 Å². The second-order valence-corrected chi connectivity index (χ2v) is 5.74. The van der Waals surface area contributed by atoms with E-state index < -0.39 is 0 Å². The van der Waals surface area contributed by atoms with Crippen LogP contribution >= 0.6 is 15.9 Å². The predicted molar refractivity (Wildman–Crippen MR) is 65.5 cm³/mol. The molecule has 0 nitrogen and oxygen atoms in total. The highest BCUT2D eigenvalue weighted by molar-refractivity contribution is 9.11. The quantitative estimate of drug-likeness (QED) is 0.627. The molecule has 1 heteroatoms. The summed E-state index contributed by atoms with van der Waals surface area (Å²) >= 11 is 3.55. The van der Waals surface area contributed by atoms with Gasteiger partial charge in [-0.3, -0.25) is 0 Å². The van der Waals surface area contributed by atoms with Gasteiger partial charge in [-0.15, -0.1) is 0 Å². The van der Waals surface area contributed by atoms with Gasteiger partial charge in [0.1, 0.15) is 0 Å². The van der Waals surface area contributed by atoms with E-state index in [4.69, 9.17) is 0 Å². The van der Waals surface area contributed by atoms with E-state index >= 15 is 0 Å². The van der Waals surface area contributed by atoms with Crippen molar-refractivity contribution in [3.05, 3.63) is 10.6 Å². The van der Waals surface area contributed by atoms with Crippen LogP contribution in [0.1, 0.15) is 52.4 Å². The third-order valence-corrected chi connectivity index (χ3v) is 5.38. The van der Waals surface area contributed by atoms with Crippen molar-refractivity contribution in [3.63, 3.8) is 0 Å². The summed E-state index contributed by atoms with van der Waals surface area (Å²) in [7, 11) is 0. The number of fused-ring (bicyclic) bond motifs is 1. The zero-order valence-corrected chi connectivity index (χ0v) is 10.9. The van der Waals surface area contributed by atoms with Gasteiger partial charge in [-0.25, -0.2) is 0 Å². The minimum absolute atomic E-state index is 0.632. The highest BCUT2D eigenvalue weighted by atomic mass is 79.9. The molecular formula is C13H21Br. The van der Waals surface area contributed by atoms with E-state index in [9.17, 15) is 0 Å². The summed E-state index contributed by atoms with van der Waals surface area (Å²) in [5, 5.41) is 0. The molecule has 0 heterocycles. The lowest BCUT2D eigenvalue weighted by Crippen LogP contribution is -2.32. The Labute approximate surface area is 96.3 Å². The molecule has 0 spiro atoms. The fourth-order valence-electron chi connectivity index (χ4n) is 3.95. The van der Waals surface area contributed by atoms with Crippen molar-refractivity contribution < 1.29 is 0 Å². The van der Waals surface area contributed by atoms with Gasteiger partial charge in [0, 0.05) is 0 Å². The molecular weight excluding hydrogens is 236 g/mol. The van der Waals surface area contributed by atoms with Gasteiger partial charge in [-0.1, -0.05) is 41.8 Å². The second-order valence-electron chi connectivity index (χ2n) is 5.28. The van der Waals surface area contributed by atoms with Crippen LogP contribution in [-0.4, -0.2) is 0 Å². The molecule has 0 saturated heterocycles. The standard InChI is InChI=1S/C13H21Br/c1-3-11-6-7-12-10(9-14)5-4-8-13(11,12)2/h9,11-12H,3-8H2,1-2H3/b10-9+/t11?,12?,13-/m1/s1. The molecule has 0 aromatic rings. The van der Waals surface area contributed by atoms with Crippen LogP contribution in [0.2, 0.25) is 0 Å². The Kier molecular flexibility index (Phi) is 3.06. The van der Waals surface area contributed by atoms with E-state index in [1.54, 1.807) is 5.57 Å². The largest absolute Gasteiger partial charge is 0.0651 e. The van der Waals surface area contributed by atoms with Crippen LogP contribution in [0, 0.1) is 17.3 Å². The van der Waals surface area contributed by atoms with E-state index in [0.717, 1.165) is 11.8 Å². The molecule has 80 valence electrons. The first-order valence-electron chi connectivity index (χ1n) is 6.01. The molecule has 0 aliphatic heterocycles. The van der Waals surface area contributed by atoms with Crippen molar-refractivity contribution in [2.24, 2.45) is 17.3 Å². The fraction of sp³-hybridized carbons (Fsp3) is 0.846. The minimum Gasteiger partial charge on any atom is -0.0651 e. The minimum atomic E-state index is 0.632. The van der Waals surface area contributed by atoms with E-state index in [0.29, 0.717) is 5.41 Å². The van der Waals surface area contributed by atoms with Gasteiger partial charge in [-0.2, -0.15) is 0 Å². The molecule has 2 aliphatic rings. The van der Waals surface area contributed by atoms with Gasteiger partial charge >= 0.3 is 0 Å². The Morgan fingerprint density at radius 2 is 2.29 bits per heavy atom. The molecule has 2 fully saturated rings. The van der Waals surface area contributed by atoms with Crippen LogP contribution < -0.4 is 0 Å². The normalized spacial score (nSPS) is 45.5. The van der Waals surface area contributed by atoms with Gasteiger partial charge in [-0.05, 0) is 54.3 Å². The maximum atomic E-state index is 3.55. The Morgan fingerprint density at radius 3 is 2.93 bits per heavy atom. The number of allylic oxidation sites excluding steroid dienone is 1. The van der Waals surface area contributed by atoms with E-state index in [1.165, 1.54) is 38.5 Å². The third-order valence-electron chi connectivity index (χ3n) is 4.79. The van der Waals surface area contributed by atoms with E-state index in [-0.39, 0.29) is 0 Å². The van der Waals surface area contributed by atoms with E-state index in [1.807, 2.05) is 0 Å². The molecule has 0 aromatic heterocycles. The molecule has 0 N–H and O–H groups in total. The summed E-state index contributed by atoms with van der Waals surface area (Å²) in [5.74, 6) is 1.87. The first kappa shape index (κ1) is 10.7. The summed E-state index contributed by atoms with van der Waals surface area (Å²) in [6, 6.07) is 0. The number of hydrogen-bond donors (Lipinski definition) is 0. The third kappa shape index (κ3) is 1.48. The molecule has 2 saturated carbocycles. The molecule has 14 heavy (non-hydrogen) atoms. The van der Waals surface area contributed by atoms with Gasteiger partial charge in [0.2, 0.25) is 0 Å². The lowest BCUT2D eigenvalue weighted by atomic mass is 9.63. The summed E-state index contributed by atoms with van der Waals surface area (Å²) < 4.78 is 0. The smallest absolute Gasteiger partial charge is 0.0138 e. The maximum Gasteiger partial charge on any atom is -0.0138 e. The predicted octanol–water partition coefficient (Wildman–Crippen LogP) is 4.89. The van der Waals surface area contributed by atoms with Crippen LogP contribution in [-0.2, 0) is 0 Å². The average Bonchev–Trinajstić information content (AvgIpc) is 2.53. The lowest BCUT2D eigenvalue weighted by molar-refractivity contribution is 0.133.